The van der Waals surface area contributed by atoms with Gasteiger partial charge < -0.3 is 15.5 Å². The van der Waals surface area contributed by atoms with Crippen molar-refractivity contribution >= 4 is 28.3 Å². The summed E-state index contributed by atoms with van der Waals surface area (Å²) in [5, 5.41) is 7.23. The minimum atomic E-state index is -3.95. The molecule has 0 aliphatic heterocycles. The molecule has 1 heterocycles. The van der Waals surface area contributed by atoms with E-state index in [0.29, 0.717) is 12.8 Å². The zero-order chi connectivity index (χ0) is 14.7. The number of primary sulfonamides is 1. The number of rotatable bonds is 6. The molecule has 20 heavy (non-hydrogen) atoms. The predicted octanol–water partition coefficient (Wildman–Crippen LogP) is 0.596. The monoisotopic (exact) mass is 325 g/mol. The molecular weight excluding hydrogens is 306 g/mol. The van der Waals surface area contributed by atoms with Crippen LogP contribution in [0.3, 0.4) is 0 Å². The van der Waals surface area contributed by atoms with Crippen molar-refractivity contribution in [3.05, 3.63) is 17.9 Å². The Balaban J connectivity index is 0.00000361. The van der Waals surface area contributed by atoms with Gasteiger partial charge in [-0.2, -0.15) is 0 Å². The van der Waals surface area contributed by atoms with Gasteiger partial charge in [0.15, 0.2) is 5.76 Å². The quantitative estimate of drug-likeness (QED) is 0.705. The Morgan fingerprint density at radius 3 is 2.25 bits per heavy atom. The number of hydrogen-bond donors (Lipinski definition) is 3. The fourth-order valence-electron chi connectivity index (χ4n) is 1.66. The lowest BCUT2D eigenvalue weighted by molar-refractivity contribution is 0.0861. The second-order valence-corrected chi connectivity index (χ2v) is 5.80. The van der Waals surface area contributed by atoms with Crippen LogP contribution in [0.1, 0.15) is 37.2 Å². The Hall–Kier alpha value is -1.09. The molecule has 0 saturated carbocycles. The van der Waals surface area contributed by atoms with Crippen molar-refractivity contribution in [2.45, 2.75) is 37.3 Å². The summed E-state index contributed by atoms with van der Waals surface area (Å²) in [6, 6.07) is 2.41. The van der Waals surface area contributed by atoms with Gasteiger partial charge in [0, 0.05) is 6.54 Å². The zero-order valence-corrected chi connectivity index (χ0v) is 13.0. The Labute approximate surface area is 124 Å². The molecule has 0 fully saturated rings. The van der Waals surface area contributed by atoms with Gasteiger partial charge in [-0.1, -0.05) is 13.8 Å². The lowest BCUT2D eigenvalue weighted by Gasteiger charge is -2.30. The van der Waals surface area contributed by atoms with Gasteiger partial charge in [0.1, 0.15) is 0 Å². The number of amides is 1. The van der Waals surface area contributed by atoms with E-state index < -0.39 is 26.6 Å². The number of carbonyl (C=O) groups excluding carboxylic acids is 1. The van der Waals surface area contributed by atoms with E-state index in [1.807, 2.05) is 13.8 Å². The predicted molar refractivity (Wildman–Crippen MR) is 77.2 cm³/mol. The second-order valence-electron chi connectivity index (χ2n) is 4.31. The summed E-state index contributed by atoms with van der Waals surface area (Å²) in [5.74, 6) is -0.618. The van der Waals surface area contributed by atoms with Crippen LogP contribution in [0.5, 0.6) is 0 Å². The molecule has 1 rings (SSSR count). The summed E-state index contributed by atoms with van der Waals surface area (Å²) in [6.45, 7) is 4.11. The summed E-state index contributed by atoms with van der Waals surface area (Å²) in [7, 11) is -3.95. The lowest BCUT2D eigenvalue weighted by atomic mass is 9.93. The van der Waals surface area contributed by atoms with Crippen LogP contribution in [-0.2, 0) is 10.0 Å². The molecule has 0 aromatic carbocycles. The molecule has 0 aliphatic rings. The average molecular weight is 326 g/mol. The summed E-state index contributed by atoms with van der Waals surface area (Å²) < 4.78 is 27.0. The Morgan fingerprint density at radius 1 is 1.35 bits per heavy atom. The molecule has 0 atom stereocenters. The number of hydrogen-bond acceptors (Lipinski definition) is 5. The third-order valence-electron chi connectivity index (χ3n) is 3.21. The van der Waals surface area contributed by atoms with Gasteiger partial charge >= 0.3 is 0 Å². The third kappa shape index (κ3) is 4.20. The second kappa shape index (κ2) is 7.07. The van der Waals surface area contributed by atoms with E-state index in [2.05, 4.69) is 5.32 Å². The summed E-state index contributed by atoms with van der Waals surface area (Å²) in [6.07, 6.45) is 1.32. The van der Waals surface area contributed by atoms with E-state index >= 15 is 0 Å². The van der Waals surface area contributed by atoms with Crippen molar-refractivity contribution in [3.8, 4) is 0 Å². The van der Waals surface area contributed by atoms with Gasteiger partial charge in [-0.3, -0.25) is 4.79 Å². The van der Waals surface area contributed by atoms with Crippen LogP contribution in [0, 0.1) is 0 Å². The standard InChI is InChI=1S/C11H19N3O4S.ClH/c1-3-11(4-2,7-12)14-10(15)8-5-6-9(18-8)19(13,16)17;/h5-6H,3-4,7,12H2,1-2H3,(H,14,15)(H2,13,16,17);1H. The summed E-state index contributed by atoms with van der Waals surface area (Å²) >= 11 is 0. The van der Waals surface area contributed by atoms with Crippen LogP contribution in [0.25, 0.3) is 0 Å². The Bertz CT molecular complexity index is 544. The van der Waals surface area contributed by atoms with Crippen molar-refractivity contribution in [2.75, 3.05) is 6.54 Å². The molecule has 0 aliphatic carbocycles. The molecule has 1 aromatic heterocycles. The molecule has 7 nitrogen and oxygen atoms in total. The van der Waals surface area contributed by atoms with E-state index in [0.717, 1.165) is 6.07 Å². The van der Waals surface area contributed by atoms with Gasteiger partial charge in [-0.15, -0.1) is 12.4 Å². The van der Waals surface area contributed by atoms with Crippen LogP contribution in [-0.4, -0.2) is 26.4 Å². The van der Waals surface area contributed by atoms with Crippen molar-refractivity contribution in [2.24, 2.45) is 10.9 Å². The van der Waals surface area contributed by atoms with E-state index in [-0.39, 0.29) is 24.7 Å². The molecular formula is C11H20ClN3O4S. The minimum absolute atomic E-state index is 0. The molecule has 5 N–H and O–H groups in total. The highest BCUT2D eigenvalue weighted by molar-refractivity contribution is 7.89. The van der Waals surface area contributed by atoms with E-state index in [1.54, 1.807) is 0 Å². The summed E-state index contributed by atoms with van der Waals surface area (Å²) in [5.41, 5.74) is 5.15. The highest BCUT2D eigenvalue weighted by atomic mass is 35.5. The van der Waals surface area contributed by atoms with Crippen LogP contribution >= 0.6 is 12.4 Å². The maximum Gasteiger partial charge on any atom is 0.287 e. The van der Waals surface area contributed by atoms with Gasteiger partial charge in [0.25, 0.3) is 15.9 Å². The topological polar surface area (TPSA) is 128 Å². The average Bonchev–Trinajstić information content (AvgIpc) is 2.85. The molecule has 116 valence electrons. The number of carbonyl (C=O) groups is 1. The fourth-order valence-corrected chi connectivity index (χ4v) is 2.13. The van der Waals surface area contributed by atoms with Crippen LogP contribution in [0.2, 0.25) is 0 Å². The first kappa shape index (κ1) is 18.9. The van der Waals surface area contributed by atoms with Gasteiger partial charge in [-0.05, 0) is 25.0 Å². The number of furan rings is 1. The van der Waals surface area contributed by atoms with Crippen LogP contribution < -0.4 is 16.2 Å². The van der Waals surface area contributed by atoms with Crippen molar-refractivity contribution < 1.29 is 17.6 Å². The fraction of sp³-hybridized carbons (Fsp3) is 0.545. The number of nitrogens with one attached hydrogen (secondary N) is 1. The number of sulfonamides is 1. The first-order chi connectivity index (χ1) is 8.78. The summed E-state index contributed by atoms with van der Waals surface area (Å²) in [4.78, 5) is 12.0. The molecule has 9 heteroatoms. The molecule has 0 spiro atoms. The van der Waals surface area contributed by atoms with E-state index in [9.17, 15) is 13.2 Å². The van der Waals surface area contributed by atoms with Crippen LogP contribution in [0.4, 0.5) is 0 Å². The van der Waals surface area contributed by atoms with Gasteiger partial charge in [0.2, 0.25) is 5.09 Å². The third-order valence-corrected chi connectivity index (χ3v) is 3.99. The van der Waals surface area contributed by atoms with Crippen molar-refractivity contribution in [3.63, 3.8) is 0 Å². The molecule has 0 unspecified atom stereocenters. The van der Waals surface area contributed by atoms with E-state index in [4.69, 9.17) is 15.3 Å². The molecule has 0 saturated heterocycles. The largest absolute Gasteiger partial charge is 0.438 e. The molecule has 0 radical (unpaired) electrons. The van der Waals surface area contributed by atoms with Crippen molar-refractivity contribution in [1.29, 1.82) is 0 Å². The molecule has 1 aromatic rings. The zero-order valence-electron chi connectivity index (χ0n) is 11.4. The first-order valence-electron chi connectivity index (χ1n) is 5.93. The smallest absolute Gasteiger partial charge is 0.287 e. The maximum atomic E-state index is 12.0. The SMILES string of the molecule is CCC(CC)(CN)NC(=O)c1ccc(S(N)(=O)=O)o1.Cl. The van der Waals surface area contributed by atoms with E-state index in [1.165, 1.54) is 6.07 Å². The number of nitrogens with two attached hydrogens (primary N) is 2. The minimum Gasteiger partial charge on any atom is -0.438 e. The highest BCUT2D eigenvalue weighted by Gasteiger charge is 2.28. The highest BCUT2D eigenvalue weighted by Crippen LogP contribution is 2.17. The maximum absolute atomic E-state index is 12.0. The Kier molecular flexibility index (Phi) is 6.69. The van der Waals surface area contributed by atoms with Crippen LogP contribution in [0.15, 0.2) is 21.6 Å². The molecule has 1 amide bonds. The lowest BCUT2D eigenvalue weighted by Crippen LogP contribution is -2.52. The number of halogens is 1. The van der Waals surface area contributed by atoms with Gasteiger partial charge in [0.05, 0.1) is 5.54 Å². The molecule has 0 bridgehead atoms. The van der Waals surface area contributed by atoms with Crippen molar-refractivity contribution in [1.82, 2.24) is 5.32 Å². The first-order valence-corrected chi connectivity index (χ1v) is 7.48. The Morgan fingerprint density at radius 2 is 1.90 bits per heavy atom. The van der Waals surface area contributed by atoms with Gasteiger partial charge in [-0.25, -0.2) is 13.6 Å². The normalized spacial score (nSPS) is 11.8.